The van der Waals surface area contributed by atoms with Crippen molar-refractivity contribution in [2.75, 3.05) is 37.6 Å². The van der Waals surface area contributed by atoms with Crippen LogP contribution in [0.3, 0.4) is 0 Å². The smallest absolute Gasteiger partial charge is 0.276 e. The molecule has 1 aliphatic rings. The molecule has 19 heteroatoms. The molecule has 2 aromatic carbocycles. The lowest BCUT2D eigenvalue weighted by Crippen LogP contribution is -2.26. The maximum Gasteiger partial charge on any atom is 0.276 e. The van der Waals surface area contributed by atoms with Crippen LogP contribution in [0.25, 0.3) is 22.1 Å². The molecule has 4 amide bonds. The Morgan fingerprint density at radius 2 is 1.38 bits per heavy atom. The van der Waals surface area contributed by atoms with E-state index in [0.29, 0.717) is 102 Å². The summed E-state index contributed by atoms with van der Waals surface area (Å²) in [6.07, 6.45) is 1.60. The number of ether oxygens (including phenoxy) is 3. The molecule has 0 radical (unpaired) electrons. The van der Waals surface area contributed by atoms with Crippen molar-refractivity contribution in [3.63, 3.8) is 0 Å². The zero-order valence-electron chi connectivity index (χ0n) is 33.0. The molecule has 0 saturated heterocycles. The van der Waals surface area contributed by atoms with Gasteiger partial charge >= 0.3 is 0 Å². The summed E-state index contributed by atoms with van der Waals surface area (Å²) in [7, 11) is 1.60. The summed E-state index contributed by atoms with van der Waals surface area (Å²) in [6.45, 7) is 9.68. The molecule has 0 saturated carbocycles. The van der Waals surface area contributed by atoms with Gasteiger partial charge in [-0.3, -0.25) is 39.2 Å². The highest BCUT2D eigenvalue weighted by molar-refractivity contribution is 6.05. The number of hydrogen-bond acceptors (Lipinski definition) is 11. The van der Waals surface area contributed by atoms with E-state index >= 15 is 0 Å². The Morgan fingerprint density at radius 3 is 1.98 bits per heavy atom. The molecule has 6 N–H and O–H groups in total. The number of nitrogens with two attached hydrogens (primary N) is 2. The Labute approximate surface area is 332 Å². The van der Waals surface area contributed by atoms with Crippen LogP contribution in [0.4, 0.5) is 11.9 Å². The fraction of sp³-hybridized carbons (Fsp3) is 0.385. The third-order valence-corrected chi connectivity index (χ3v) is 9.91. The van der Waals surface area contributed by atoms with Gasteiger partial charge in [0.25, 0.3) is 11.8 Å². The number of aromatic nitrogens is 8. The topological polar surface area (TPSA) is 243 Å². The molecular formula is C39H46N12O7. The lowest BCUT2D eigenvalue weighted by molar-refractivity contribution is 0.0991. The summed E-state index contributed by atoms with van der Waals surface area (Å²) in [5.74, 6) is -0.816. The predicted octanol–water partition coefficient (Wildman–Crippen LogP) is 3.97. The Morgan fingerprint density at radius 1 is 0.793 bits per heavy atom. The molecule has 1 aliphatic heterocycles. The maximum absolute atomic E-state index is 13.8. The molecule has 0 spiro atoms. The minimum absolute atomic E-state index is 0.194. The summed E-state index contributed by atoms with van der Waals surface area (Å²) in [6, 6.07) is 9.38. The average Bonchev–Trinajstić information content (AvgIpc) is 3.97. The van der Waals surface area contributed by atoms with E-state index in [9.17, 15) is 19.2 Å². The summed E-state index contributed by atoms with van der Waals surface area (Å²) < 4.78 is 24.6. The van der Waals surface area contributed by atoms with Crippen LogP contribution in [0, 0.1) is 13.8 Å². The molecule has 7 rings (SSSR count). The number of primary amides is 2. The highest BCUT2D eigenvalue weighted by Gasteiger charge is 2.30. The van der Waals surface area contributed by atoms with Gasteiger partial charge in [0.05, 0.1) is 35.1 Å². The molecular weight excluding hydrogens is 749 g/mol. The predicted molar refractivity (Wildman–Crippen MR) is 213 cm³/mol. The Balaban J connectivity index is 1.24. The van der Waals surface area contributed by atoms with E-state index in [0.717, 1.165) is 0 Å². The molecule has 0 bridgehead atoms. The molecule has 19 nitrogen and oxygen atoms in total. The summed E-state index contributed by atoms with van der Waals surface area (Å²) >= 11 is 0. The first-order valence-electron chi connectivity index (χ1n) is 19.1. The van der Waals surface area contributed by atoms with Crippen LogP contribution in [-0.4, -0.2) is 89.2 Å². The Hall–Kier alpha value is -6.76. The fourth-order valence-corrected chi connectivity index (χ4v) is 7.30. The van der Waals surface area contributed by atoms with Crippen molar-refractivity contribution in [3.05, 3.63) is 70.3 Å². The van der Waals surface area contributed by atoms with Crippen LogP contribution in [0.2, 0.25) is 0 Å². The summed E-state index contributed by atoms with van der Waals surface area (Å²) in [4.78, 5) is 61.6. The van der Waals surface area contributed by atoms with Gasteiger partial charge in [-0.25, -0.2) is 9.97 Å². The van der Waals surface area contributed by atoms with Crippen LogP contribution in [0.15, 0.2) is 36.4 Å². The number of rotatable bonds is 17. The first kappa shape index (κ1) is 39.5. The van der Waals surface area contributed by atoms with Gasteiger partial charge in [0, 0.05) is 50.9 Å². The van der Waals surface area contributed by atoms with Crippen molar-refractivity contribution < 1.29 is 33.4 Å². The van der Waals surface area contributed by atoms with Crippen molar-refractivity contribution in [3.8, 4) is 11.5 Å². The van der Waals surface area contributed by atoms with Gasteiger partial charge in [-0.2, -0.15) is 10.2 Å². The number of carbonyl (C=O) groups excluding carboxylic acids is 4. The number of hydrogen-bond donors (Lipinski definition) is 4. The SMILES string of the molecule is CCn1nc(C)cc1C(=O)Nc1nc2cc(C(N)=O)cc(OCCCOC)c2n1CCC[C@@H]1COc2cc(C(N)=O)cc3nc(NC(=O)c4cc(C)nn4CC)n1c23. The number of imidazole rings is 2. The number of aryl methyl sites for hydroxylation is 5. The molecule has 4 aromatic heterocycles. The van der Waals surface area contributed by atoms with Crippen molar-refractivity contribution in [1.29, 1.82) is 0 Å². The average molecular weight is 795 g/mol. The normalized spacial score (nSPS) is 13.5. The minimum atomic E-state index is -0.657. The van der Waals surface area contributed by atoms with Crippen molar-refractivity contribution in [2.45, 2.75) is 72.6 Å². The number of fused-ring (bicyclic) bond motifs is 1. The highest BCUT2D eigenvalue weighted by Crippen LogP contribution is 2.39. The van der Waals surface area contributed by atoms with E-state index in [1.807, 2.05) is 36.8 Å². The minimum Gasteiger partial charge on any atom is -0.491 e. The number of anilines is 2. The highest BCUT2D eigenvalue weighted by atomic mass is 16.5. The zero-order chi connectivity index (χ0) is 41.2. The van der Waals surface area contributed by atoms with Crippen molar-refractivity contribution in [2.24, 2.45) is 11.5 Å². The second kappa shape index (κ2) is 16.4. The first-order valence-corrected chi connectivity index (χ1v) is 19.1. The number of amides is 4. The molecule has 304 valence electrons. The standard InChI is InChI=1S/C39H46N12O7/c1-6-49-28(14-21(3)46-49)36(54)44-38-42-26-16-23(34(40)52)18-30(57-13-9-12-56-5)32(26)48(38)11-8-10-25-20-58-31-19-24(35(41)53)17-27-33(31)51(25)39(43-27)45-37(55)29-15-22(4)47-50(29)7-2/h14-19,25H,6-13,20H2,1-5H3,(H2,40,52)(H2,41,53)(H,42,44,54)(H,43,45,55)/t25-/m1/s1. The Kier molecular flexibility index (Phi) is 11.1. The van der Waals surface area contributed by atoms with E-state index in [4.69, 9.17) is 35.6 Å². The number of nitrogens with zero attached hydrogens (tertiary/aromatic N) is 8. The third-order valence-electron chi connectivity index (χ3n) is 9.91. The van der Waals surface area contributed by atoms with Crippen LogP contribution in [0.1, 0.15) is 92.2 Å². The molecule has 1 atom stereocenters. The summed E-state index contributed by atoms with van der Waals surface area (Å²) in [5.41, 5.74) is 15.9. The van der Waals surface area contributed by atoms with Crippen LogP contribution in [-0.2, 0) is 24.4 Å². The van der Waals surface area contributed by atoms with Crippen LogP contribution < -0.4 is 31.6 Å². The van der Waals surface area contributed by atoms with E-state index in [-0.39, 0.29) is 42.3 Å². The number of carbonyl (C=O) groups is 4. The molecule has 6 aromatic rings. The zero-order valence-corrected chi connectivity index (χ0v) is 33.0. The van der Waals surface area contributed by atoms with Crippen molar-refractivity contribution in [1.82, 2.24) is 38.7 Å². The molecule has 0 fully saturated rings. The van der Waals surface area contributed by atoms with Gasteiger partial charge in [-0.15, -0.1) is 0 Å². The fourth-order valence-electron chi connectivity index (χ4n) is 7.30. The van der Waals surface area contributed by atoms with Crippen molar-refractivity contribution >= 4 is 57.6 Å². The van der Waals surface area contributed by atoms with E-state index in [1.54, 1.807) is 52.9 Å². The van der Waals surface area contributed by atoms with Gasteiger partial charge in [0.2, 0.25) is 23.7 Å². The largest absolute Gasteiger partial charge is 0.491 e. The molecule has 5 heterocycles. The number of methoxy groups -OCH3 is 1. The third kappa shape index (κ3) is 7.67. The van der Waals surface area contributed by atoms with E-state index < -0.39 is 23.6 Å². The van der Waals surface area contributed by atoms with E-state index in [1.165, 1.54) is 0 Å². The number of nitrogens with one attached hydrogen (secondary N) is 2. The van der Waals surface area contributed by atoms with Crippen LogP contribution >= 0.6 is 0 Å². The van der Waals surface area contributed by atoms with Gasteiger partial charge in [0.15, 0.2) is 0 Å². The molecule has 0 aliphatic carbocycles. The first-order chi connectivity index (χ1) is 27.9. The van der Waals surface area contributed by atoms with Gasteiger partial charge in [-0.05, 0) is 76.9 Å². The second-order valence-corrected chi connectivity index (χ2v) is 14.0. The van der Waals surface area contributed by atoms with E-state index in [2.05, 4.69) is 20.8 Å². The van der Waals surface area contributed by atoms with Gasteiger partial charge < -0.3 is 34.8 Å². The molecule has 58 heavy (non-hydrogen) atoms. The quantitative estimate of drug-likeness (QED) is 0.0963. The monoisotopic (exact) mass is 794 g/mol. The number of benzene rings is 2. The van der Waals surface area contributed by atoms with Crippen LogP contribution in [0.5, 0.6) is 11.5 Å². The Bertz CT molecular complexity index is 2560. The lowest BCUT2D eigenvalue weighted by Gasteiger charge is -2.27. The lowest BCUT2D eigenvalue weighted by atomic mass is 10.1. The van der Waals surface area contributed by atoms with Gasteiger partial charge in [-0.1, -0.05) is 0 Å². The summed E-state index contributed by atoms with van der Waals surface area (Å²) in [5, 5.41) is 14.8. The maximum atomic E-state index is 13.8. The molecule has 0 unspecified atom stereocenters. The second-order valence-electron chi connectivity index (χ2n) is 14.0. The van der Waals surface area contributed by atoms with Gasteiger partial charge in [0.1, 0.15) is 40.5 Å².